The van der Waals surface area contributed by atoms with Gasteiger partial charge in [0, 0.05) is 11.4 Å². The lowest BCUT2D eigenvalue weighted by Gasteiger charge is -2.00. The van der Waals surface area contributed by atoms with Crippen LogP contribution in [0.4, 0.5) is 10.1 Å². The molecular formula is C12H14FN3. The molecule has 1 aromatic carbocycles. The summed E-state index contributed by atoms with van der Waals surface area (Å²) < 4.78 is 13.6. The van der Waals surface area contributed by atoms with Crippen molar-refractivity contribution in [2.24, 2.45) is 0 Å². The number of anilines is 1. The number of aromatic amines is 1. The molecule has 3 N–H and O–H groups in total. The molecule has 0 aliphatic carbocycles. The molecule has 0 aliphatic rings. The number of imidazole rings is 1. The summed E-state index contributed by atoms with van der Waals surface area (Å²) in [7, 11) is 0. The van der Waals surface area contributed by atoms with Gasteiger partial charge < -0.3 is 10.7 Å². The van der Waals surface area contributed by atoms with Crippen LogP contribution in [0.1, 0.15) is 18.3 Å². The normalized spacial score (nSPS) is 10.7. The highest BCUT2D eigenvalue weighted by Crippen LogP contribution is 2.23. The SMILES string of the molecule is CCc1nc(-c2ccc(N)cc2F)[nH]c1C. The molecule has 0 aliphatic heterocycles. The van der Waals surface area contributed by atoms with Crippen LogP contribution in [0, 0.1) is 12.7 Å². The number of hydrogen-bond donors (Lipinski definition) is 2. The Bertz CT molecular complexity index is 517. The van der Waals surface area contributed by atoms with Crippen LogP contribution in [0.15, 0.2) is 18.2 Å². The third kappa shape index (κ3) is 1.78. The van der Waals surface area contributed by atoms with Crippen LogP contribution in [0.25, 0.3) is 11.4 Å². The minimum absolute atomic E-state index is 0.351. The van der Waals surface area contributed by atoms with Gasteiger partial charge >= 0.3 is 0 Å². The third-order valence-corrected chi connectivity index (χ3v) is 2.57. The Labute approximate surface area is 93.5 Å². The average molecular weight is 219 g/mol. The van der Waals surface area contributed by atoms with E-state index in [2.05, 4.69) is 9.97 Å². The molecule has 0 unspecified atom stereocenters. The van der Waals surface area contributed by atoms with E-state index < -0.39 is 0 Å². The molecule has 3 nitrogen and oxygen atoms in total. The summed E-state index contributed by atoms with van der Waals surface area (Å²) in [4.78, 5) is 7.43. The zero-order chi connectivity index (χ0) is 11.7. The molecule has 0 bridgehead atoms. The lowest BCUT2D eigenvalue weighted by atomic mass is 10.2. The molecule has 1 aromatic heterocycles. The topological polar surface area (TPSA) is 54.7 Å². The number of nitrogens with one attached hydrogen (secondary N) is 1. The minimum atomic E-state index is -0.351. The maximum Gasteiger partial charge on any atom is 0.140 e. The summed E-state index contributed by atoms with van der Waals surface area (Å²) in [5.74, 6) is 0.211. The summed E-state index contributed by atoms with van der Waals surface area (Å²) in [6.07, 6.45) is 0.832. The second-order valence-electron chi connectivity index (χ2n) is 3.75. The molecule has 4 heteroatoms. The Balaban J connectivity index is 2.50. The van der Waals surface area contributed by atoms with Crippen LogP contribution in [-0.2, 0) is 6.42 Å². The minimum Gasteiger partial charge on any atom is -0.399 e. The van der Waals surface area contributed by atoms with E-state index in [1.54, 1.807) is 12.1 Å². The molecule has 2 aromatic rings. The first-order valence-electron chi connectivity index (χ1n) is 5.22. The van der Waals surface area contributed by atoms with E-state index in [9.17, 15) is 4.39 Å². The first-order chi connectivity index (χ1) is 7.61. The molecule has 1 heterocycles. The predicted octanol–water partition coefficient (Wildman–Crippen LogP) is 2.67. The number of aromatic nitrogens is 2. The van der Waals surface area contributed by atoms with Gasteiger partial charge in [-0.05, 0) is 31.5 Å². The fourth-order valence-corrected chi connectivity index (χ4v) is 1.69. The second-order valence-corrected chi connectivity index (χ2v) is 3.75. The number of nitrogen functional groups attached to an aromatic ring is 1. The summed E-state index contributed by atoms with van der Waals surface area (Å²) in [5.41, 5.74) is 8.31. The number of hydrogen-bond acceptors (Lipinski definition) is 2. The highest BCUT2D eigenvalue weighted by molar-refractivity contribution is 5.60. The predicted molar refractivity (Wildman–Crippen MR) is 62.5 cm³/mol. The van der Waals surface area contributed by atoms with Crippen LogP contribution < -0.4 is 5.73 Å². The summed E-state index contributed by atoms with van der Waals surface area (Å²) in [5, 5.41) is 0. The van der Waals surface area contributed by atoms with Crippen molar-refractivity contribution < 1.29 is 4.39 Å². The maximum atomic E-state index is 13.6. The van der Waals surface area contributed by atoms with Crippen molar-refractivity contribution in [3.63, 3.8) is 0 Å². The number of H-pyrrole nitrogens is 1. The van der Waals surface area contributed by atoms with Crippen molar-refractivity contribution in [2.45, 2.75) is 20.3 Å². The lowest BCUT2D eigenvalue weighted by molar-refractivity contribution is 0.631. The van der Waals surface area contributed by atoms with E-state index in [0.29, 0.717) is 17.1 Å². The molecular weight excluding hydrogens is 205 g/mol. The standard InChI is InChI=1S/C12H14FN3/c1-3-11-7(2)15-12(16-11)9-5-4-8(14)6-10(9)13/h4-6H,3,14H2,1-2H3,(H,15,16). The van der Waals surface area contributed by atoms with Crippen LogP contribution in [0.2, 0.25) is 0 Å². The van der Waals surface area contributed by atoms with Crippen LogP contribution in [0.5, 0.6) is 0 Å². The molecule has 0 spiro atoms. The number of benzene rings is 1. The Morgan fingerprint density at radius 3 is 2.75 bits per heavy atom. The number of nitrogens with two attached hydrogens (primary N) is 1. The zero-order valence-electron chi connectivity index (χ0n) is 9.34. The Morgan fingerprint density at radius 1 is 1.44 bits per heavy atom. The average Bonchev–Trinajstić information content (AvgIpc) is 2.59. The zero-order valence-corrected chi connectivity index (χ0v) is 9.34. The molecule has 2 rings (SSSR count). The molecule has 0 radical (unpaired) electrons. The molecule has 0 fully saturated rings. The van der Waals surface area contributed by atoms with Gasteiger partial charge in [0.2, 0.25) is 0 Å². The van der Waals surface area contributed by atoms with E-state index in [1.807, 2.05) is 13.8 Å². The summed E-state index contributed by atoms with van der Waals surface area (Å²) >= 11 is 0. The van der Waals surface area contributed by atoms with Gasteiger partial charge in [-0.1, -0.05) is 6.92 Å². The van der Waals surface area contributed by atoms with Gasteiger partial charge in [-0.15, -0.1) is 0 Å². The molecule has 0 saturated heterocycles. The molecule has 16 heavy (non-hydrogen) atoms. The van der Waals surface area contributed by atoms with E-state index >= 15 is 0 Å². The first-order valence-corrected chi connectivity index (χ1v) is 5.22. The number of aryl methyl sites for hydroxylation is 2. The fourth-order valence-electron chi connectivity index (χ4n) is 1.69. The van der Waals surface area contributed by atoms with Crippen molar-refractivity contribution in [1.82, 2.24) is 9.97 Å². The van der Waals surface area contributed by atoms with Crippen molar-refractivity contribution in [3.05, 3.63) is 35.4 Å². The van der Waals surface area contributed by atoms with E-state index in [0.717, 1.165) is 17.8 Å². The number of halogens is 1. The number of nitrogens with zero attached hydrogens (tertiary/aromatic N) is 1. The highest BCUT2D eigenvalue weighted by atomic mass is 19.1. The Morgan fingerprint density at radius 2 is 2.19 bits per heavy atom. The Kier molecular flexibility index (Phi) is 2.64. The van der Waals surface area contributed by atoms with Gasteiger partial charge in [0.05, 0.1) is 11.3 Å². The lowest BCUT2D eigenvalue weighted by Crippen LogP contribution is -1.90. The van der Waals surface area contributed by atoms with Gasteiger partial charge in [0.1, 0.15) is 11.6 Å². The quantitative estimate of drug-likeness (QED) is 0.763. The fraction of sp³-hybridized carbons (Fsp3) is 0.250. The van der Waals surface area contributed by atoms with Gasteiger partial charge in [-0.2, -0.15) is 0 Å². The first kappa shape index (κ1) is 10.7. The number of rotatable bonds is 2. The summed E-state index contributed by atoms with van der Waals surface area (Å²) in [6.45, 7) is 3.96. The van der Waals surface area contributed by atoms with Gasteiger partial charge in [-0.3, -0.25) is 0 Å². The molecule has 84 valence electrons. The van der Waals surface area contributed by atoms with Crippen LogP contribution in [0.3, 0.4) is 0 Å². The van der Waals surface area contributed by atoms with Gasteiger partial charge in [0.15, 0.2) is 0 Å². The second kappa shape index (κ2) is 3.96. The summed E-state index contributed by atoms with van der Waals surface area (Å²) in [6, 6.07) is 4.61. The van der Waals surface area contributed by atoms with Crippen molar-refractivity contribution in [3.8, 4) is 11.4 Å². The Hall–Kier alpha value is -1.84. The highest BCUT2D eigenvalue weighted by Gasteiger charge is 2.11. The van der Waals surface area contributed by atoms with Crippen LogP contribution >= 0.6 is 0 Å². The van der Waals surface area contributed by atoms with Gasteiger partial charge in [0.25, 0.3) is 0 Å². The molecule has 0 amide bonds. The van der Waals surface area contributed by atoms with Crippen LogP contribution in [-0.4, -0.2) is 9.97 Å². The third-order valence-electron chi connectivity index (χ3n) is 2.57. The van der Waals surface area contributed by atoms with Crippen molar-refractivity contribution in [1.29, 1.82) is 0 Å². The van der Waals surface area contributed by atoms with E-state index in [-0.39, 0.29) is 5.82 Å². The molecule has 0 atom stereocenters. The largest absolute Gasteiger partial charge is 0.399 e. The smallest absolute Gasteiger partial charge is 0.140 e. The van der Waals surface area contributed by atoms with E-state index in [1.165, 1.54) is 6.07 Å². The van der Waals surface area contributed by atoms with Gasteiger partial charge in [-0.25, -0.2) is 9.37 Å². The van der Waals surface area contributed by atoms with Crippen molar-refractivity contribution >= 4 is 5.69 Å². The monoisotopic (exact) mass is 219 g/mol. The van der Waals surface area contributed by atoms with E-state index in [4.69, 9.17) is 5.73 Å². The molecule has 0 saturated carbocycles. The van der Waals surface area contributed by atoms with Crippen molar-refractivity contribution in [2.75, 3.05) is 5.73 Å². The maximum absolute atomic E-state index is 13.6.